The maximum absolute atomic E-state index is 13.6. The fourth-order valence-corrected chi connectivity index (χ4v) is 4.91. The number of alkyl halides is 3. The zero-order valence-electron chi connectivity index (χ0n) is 17.3. The Labute approximate surface area is 176 Å². The van der Waals surface area contributed by atoms with Gasteiger partial charge in [0.2, 0.25) is 0 Å². The molecule has 0 bridgehead atoms. The Balaban J connectivity index is 1.56. The summed E-state index contributed by atoms with van der Waals surface area (Å²) in [5.41, 5.74) is 3.22. The first-order valence-electron chi connectivity index (χ1n) is 10.8. The first-order valence-corrected chi connectivity index (χ1v) is 10.8. The molecule has 162 valence electrons. The highest BCUT2D eigenvalue weighted by Gasteiger charge is 2.43. The molecule has 0 spiro atoms. The number of hydrogen-bond acceptors (Lipinski definition) is 3. The van der Waals surface area contributed by atoms with E-state index in [-0.39, 0.29) is 18.5 Å². The van der Waals surface area contributed by atoms with Crippen LogP contribution in [0.1, 0.15) is 59.9 Å². The van der Waals surface area contributed by atoms with Crippen LogP contribution in [-0.4, -0.2) is 25.9 Å². The number of hydrogen-bond donors (Lipinski definition) is 2. The highest BCUT2D eigenvalue weighted by atomic mass is 19.4. The van der Waals surface area contributed by atoms with E-state index in [0.29, 0.717) is 30.7 Å². The summed E-state index contributed by atoms with van der Waals surface area (Å²) in [5.74, 6) is -0.705. The molecule has 6 heteroatoms. The predicted molar refractivity (Wildman–Crippen MR) is 112 cm³/mol. The summed E-state index contributed by atoms with van der Waals surface area (Å²) >= 11 is 0. The lowest BCUT2D eigenvalue weighted by atomic mass is 9.81. The molecule has 0 amide bonds. The molecule has 2 aliphatic rings. The van der Waals surface area contributed by atoms with Crippen molar-refractivity contribution in [1.82, 2.24) is 10.6 Å². The van der Waals surface area contributed by atoms with Gasteiger partial charge in [-0.3, -0.25) is 0 Å². The molecule has 1 aliphatic heterocycles. The number of fused-ring (bicyclic) bond motifs is 1. The lowest BCUT2D eigenvalue weighted by molar-refractivity contribution is -0.153. The maximum Gasteiger partial charge on any atom is 0.395 e. The van der Waals surface area contributed by atoms with Gasteiger partial charge in [-0.1, -0.05) is 30.3 Å². The van der Waals surface area contributed by atoms with Crippen molar-refractivity contribution in [1.29, 1.82) is 0 Å². The molecule has 30 heavy (non-hydrogen) atoms. The highest BCUT2D eigenvalue weighted by Crippen LogP contribution is 2.44. The minimum atomic E-state index is -4.21. The Morgan fingerprint density at radius 2 is 1.90 bits per heavy atom. The Bertz CT molecular complexity index is 854. The molecule has 0 aromatic heterocycles. The molecule has 3 nitrogen and oxygen atoms in total. The van der Waals surface area contributed by atoms with Crippen LogP contribution in [0.3, 0.4) is 0 Å². The summed E-state index contributed by atoms with van der Waals surface area (Å²) in [7, 11) is 1.59. The zero-order valence-corrected chi connectivity index (χ0v) is 17.3. The fourth-order valence-electron chi connectivity index (χ4n) is 4.91. The zero-order chi connectivity index (χ0) is 21.1. The Morgan fingerprint density at radius 1 is 1.10 bits per heavy atom. The second-order valence-corrected chi connectivity index (χ2v) is 8.32. The van der Waals surface area contributed by atoms with E-state index in [9.17, 15) is 13.2 Å². The third kappa shape index (κ3) is 4.49. The SMILES string of the molecule is COc1cc2c(cc1CN[C@H]1CCCN[C@H]1c1ccccc1)C(C(F)(F)F)CCC2. The van der Waals surface area contributed by atoms with Crippen LogP contribution in [-0.2, 0) is 13.0 Å². The molecule has 1 aliphatic carbocycles. The monoisotopic (exact) mass is 418 g/mol. The molecule has 2 aromatic rings. The average Bonchev–Trinajstić information content (AvgIpc) is 2.76. The van der Waals surface area contributed by atoms with Gasteiger partial charge in [0.05, 0.1) is 13.0 Å². The Morgan fingerprint density at radius 3 is 2.63 bits per heavy atom. The number of aryl methyl sites for hydroxylation is 1. The van der Waals surface area contributed by atoms with E-state index in [0.717, 1.165) is 30.5 Å². The fraction of sp³-hybridized carbons (Fsp3) is 0.500. The maximum atomic E-state index is 13.6. The van der Waals surface area contributed by atoms with E-state index in [1.54, 1.807) is 13.2 Å². The second kappa shape index (κ2) is 8.98. The molecule has 1 unspecified atom stereocenters. The molecule has 1 fully saturated rings. The lowest BCUT2D eigenvalue weighted by Gasteiger charge is -2.34. The van der Waals surface area contributed by atoms with Gasteiger partial charge < -0.3 is 15.4 Å². The summed E-state index contributed by atoms with van der Waals surface area (Å²) in [4.78, 5) is 0. The van der Waals surface area contributed by atoms with Gasteiger partial charge in [-0.05, 0) is 67.5 Å². The topological polar surface area (TPSA) is 33.3 Å². The van der Waals surface area contributed by atoms with Gasteiger partial charge in [-0.15, -0.1) is 0 Å². The second-order valence-electron chi connectivity index (χ2n) is 8.32. The summed E-state index contributed by atoms with van der Waals surface area (Å²) < 4.78 is 46.3. The van der Waals surface area contributed by atoms with Crippen LogP contribution in [0.2, 0.25) is 0 Å². The summed E-state index contributed by atoms with van der Waals surface area (Å²) in [5, 5.41) is 7.18. The van der Waals surface area contributed by atoms with E-state index in [4.69, 9.17) is 4.74 Å². The van der Waals surface area contributed by atoms with Gasteiger partial charge in [0, 0.05) is 24.2 Å². The number of ether oxygens (including phenoxy) is 1. The van der Waals surface area contributed by atoms with Gasteiger partial charge in [0.25, 0.3) is 0 Å². The van der Waals surface area contributed by atoms with Crippen molar-refractivity contribution >= 4 is 0 Å². The quantitative estimate of drug-likeness (QED) is 0.695. The number of halogens is 3. The van der Waals surface area contributed by atoms with Crippen LogP contribution in [0.15, 0.2) is 42.5 Å². The van der Waals surface area contributed by atoms with Crippen molar-refractivity contribution in [3.8, 4) is 5.75 Å². The van der Waals surface area contributed by atoms with Crippen LogP contribution < -0.4 is 15.4 Å². The normalized spacial score (nSPS) is 24.3. The first kappa shape index (κ1) is 21.2. The third-order valence-electron chi connectivity index (χ3n) is 6.42. The summed E-state index contributed by atoms with van der Waals surface area (Å²) in [6.45, 7) is 1.45. The molecule has 2 N–H and O–H groups in total. The Hall–Kier alpha value is -2.05. The number of benzene rings is 2. The molecule has 1 saturated heterocycles. The van der Waals surface area contributed by atoms with Crippen molar-refractivity contribution in [3.05, 3.63) is 64.7 Å². The van der Waals surface area contributed by atoms with Crippen molar-refractivity contribution in [2.45, 2.75) is 62.8 Å². The van der Waals surface area contributed by atoms with E-state index in [1.165, 1.54) is 5.56 Å². The third-order valence-corrected chi connectivity index (χ3v) is 6.42. The van der Waals surface area contributed by atoms with Gasteiger partial charge >= 0.3 is 6.18 Å². The first-order chi connectivity index (χ1) is 14.5. The molecule has 0 saturated carbocycles. The minimum Gasteiger partial charge on any atom is -0.496 e. The van der Waals surface area contributed by atoms with Crippen molar-refractivity contribution in [2.24, 2.45) is 0 Å². The van der Waals surface area contributed by atoms with Crippen molar-refractivity contribution in [3.63, 3.8) is 0 Å². The predicted octanol–water partition coefficient (Wildman–Crippen LogP) is 5.26. The molecule has 2 aromatic carbocycles. The van der Waals surface area contributed by atoms with E-state index in [1.807, 2.05) is 24.3 Å². The number of methoxy groups -OCH3 is 1. The molecule has 1 heterocycles. The standard InChI is InChI=1S/C24H29F3N2O/c1-30-22-14-17-9-5-10-20(24(25,26)27)19(17)13-18(22)15-29-21-11-6-12-28-23(21)16-7-3-2-4-8-16/h2-4,7-8,13-14,20-21,23,28-29H,5-6,9-12,15H2,1H3/t20?,21-,23-/m0/s1. The Kier molecular flexibility index (Phi) is 6.34. The van der Waals surface area contributed by atoms with Gasteiger partial charge in [0.15, 0.2) is 0 Å². The molecular weight excluding hydrogens is 389 g/mol. The van der Waals surface area contributed by atoms with E-state index >= 15 is 0 Å². The van der Waals surface area contributed by atoms with Crippen molar-refractivity contribution in [2.75, 3.05) is 13.7 Å². The van der Waals surface area contributed by atoms with E-state index in [2.05, 4.69) is 22.8 Å². The van der Waals surface area contributed by atoms with Gasteiger partial charge in [0.1, 0.15) is 5.75 Å². The number of piperidine rings is 1. The van der Waals surface area contributed by atoms with Crippen LogP contribution in [0.25, 0.3) is 0 Å². The highest BCUT2D eigenvalue weighted by molar-refractivity contribution is 5.46. The van der Waals surface area contributed by atoms with Crippen LogP contribution in [0.5, 0.6) is 5.75 Å². The van der Waals surface area contributed by atoms with Gasteiger partial charge in [-0.2, -0.15) is 13.2 Å². The largest absolute Gasteiger partial charge is 0.496 e. The van der Waals surface area contributed by atoms with Crippen LogP contribution >= 0.6 is 0 Å². The van der Waals surface area contributed by atoms with Crippen LogP contribution in [0, 0.1) is 0 Å². The molecule has 3 atom stereocenters. The average molecular weight is 419 g/mol. The number of rotatable bonds is 5. The molecule has 4 rings (SSSR count). The number of nitrogens with one attached hydrogen (secondary N) is 2. The van der Waals surface area contributed by atoms with E-state index < -0.39 is 12.1 Å². The van der Waals surface area contributed by atoms with Crippen LogP contribution in [0.4, 0.5) is 13.2 Å². The summed E-state index contributed by atoms with van der Waals surface area (Å²) in [6, 6.07) is 14.2. The minimum absolute atomic E-state index is 0.165. The summed E-state index contributed by atoms with van der Waals surface area (Å²) in [6.07, 6.45) is -0.721. The smallest absolute Gasteiger partial charge is 0.395 e. The molecular formula is C24H29F3N2O. The molecule has 0 radical (unpaired) electrons. The van der Waals surface area contributed by atoms with Gasteiger partial charge in [-0.25, -0.2) is 0 Å². The lowest BCUT2D eigenvalue weighted by Crippen LogP contribution is -2.45. The van der Waals surface area contributed by atoms with Crippen molar-refractivity contribution < 1.29 is 17.9 Å².